The Hall–Kier alpha value is -5.54. The van der Waals surface area contributed by atoms with Crippen molar-refractivity contribution in [3.63, 3.8) is 0 Å². The Bertz CT molecular complexity index is 1950. The van der Waals surface area contributed by atoms with Crippen molar-refractivity contribution in [3.05, 3.63) is 111 Å². The zero-order valence-corrected chi connectivity index (χ0v) is 26.8. The number of aromatic nitrogens is 6. The summed E-state index contributed by atoms with van der Waals surface area (Å²) in [7, 11) is 1.58. The topological polar surface area (TPSA) is 153 Å². The number of tetrazole rings is 1. The molecule has 0 radical (unpaired) electrons. The molecule has 5 rings (SSSR count). The zero-order chi connectivity index (χ0) is 33.0. The SMILES string of the molecule is COc1ccc(CNC(=O)c2cc(C#N)cc(C)c2NC(=O)c2cc(Cn3nnc(C(C)(C)C)n3)nn2-c2ccccc2Cl)cc1. The molecule has 2 N–H and O–H groups in total. The quantitative estimate of drug-likeness (QED) is 0.223. The fourth-order valence-electron chi connectivity index (χ4n) is 4.63. The average molecular weight is 638 g/mol. The normalized spacial score (nSPS) is 11.2. The smallest absolute Gasteiger partial charge is 0.274 e. The van der Waals surface area contributed by atoms with E-state index in [9.17, 15) is 14.9 Å². The van der Waals surface area contributed by atoms with Crippen LogP contribution in [0.15, 0.2) is 66.7 Å². The lowest BCUT2D eigenvalue weighted by Crippen LogP contribution is -2.26. The summed E-state index contributed by atoms with van der Waals surface area (Å²) < 4.78 is 6.64. The first-order valence-corrected chi connectivity index (χ1v) is 14.7. The highest BCUT2D eigenvalue weighted by atomic mass is 35.5. The van der Waals surface area contributed by atoms with Crippen LogP contribution < -0.4 is 15.4 Å². The highest BCUT2D eigenvalue weighted by Crippen LogP contribution is 2.27. The van der Waals surface area contributed by atoms with Gasteiger partial charge < -0.3 is 15.4 Å². The van der Waals surface area contributed by atoms with Crippen LogP contribution in [-0.4, -0.2) is 48.9 Å². The molecule has 0 saturated carbocycles. The second kappa shape index (κ2) is 13.2. The van der Waals surface area contributed by atoms with E-state index >= 15 is 0 Å². The number of aryl methyl sites for hydroxylation is 1. The Balaban J connectivity index is 1.47. The number of nitrogens with one attached hydrogen (secondary N) is 2. The molecule has 12 nitrogen and oxygen atoms in total. The van der Waals surface area contributed by atoms with E-state index in [4.69, 9.17) is 16.3 Å². The highest BCUT2D eigenvalue weighted by molar-refractivity contribution is 6.32. The molecule has 0 atom stereocenters. The number of anilines is 1. The zero-order valence-electron chi connectivity index (χ0n) is 26.0. The first-order valence-electron chi connectivity index (χ1n) is 14.4. The molecule has 2 heterocycles. The van der Waals surface area contributed by atoms with Crippen molar-refractivity contribution in [2.45, 2.75) is 46.2 Å². The molecule has 0 aliphatic rings. The number of para-hydroxylation sites is 1. The number of amides is 2. The molecule has 3 aromatic carbocycles. The minimum Gasteiger partial charge on any atom is -0.497 e. The van der Waals surface area contributed by atoms with E-state index in [0.29, 0.717) is 33.5 Å². The molecular weight excluding hydrogens is 606 g/mol. The molecule has 0 fully saturated rings. The van der Waals surface area contributed by atoms with Gasteiger partial charge in [0, 0.05) is 12.0 Å². The first-order chi connectivity index (χ1) is 22.0. The van der Waals surface area contributed by atoms with Gasteiger partial charge in [0.2, 0.25) is 0 Å². The van der Waals surface area contributed by atoms with Crippen molar-refractivity contribution in [1.29, 1.82) is 5.26 Å². The molecule has 0 aliphatic heterocycles. The Morgan fingerprint density at radius 3 is 2.41 bits per heavy atom. The third kappa shape index (κ3) is 7.06. The summed E-state index contributed by atoms with van der Waals surface area (Å²) in [4.78, 5) is 28.8. The number of methoxy groups -OCH3 is 1. The molecule has 13 heteroatoms. The maximum Gasteiger partial charge on any atom is 0.274 e. The van der Waals surface area contributed by atoms with Crippen LogP contribution in [0.1, 0.15) is 69.8 Å². The lowest BCUT2D eigenvalue weighted by molar-refractivity contribution is 0.0951. The van der Waals surface area contributed by atoms with Gasteiger partial charge in [-0.2, -0.15) is 15.2 Å². The number of rotatable bonds is 9. The molecule has 0 unspecified atom stereocenters. The summed E-state index contributed by atoms with van der Waals surface area (Å²) in [5.41, 5.74) is 2.90. The molecule has 234 valence electrons. The lowest BCUT2D eigenvalue weighted by Gasteiger charge is -2.16. The second-order valence-electron chi connectivity index (χ2n) is 11.6. The monoisotopic (exact) mass is 637 g/mol. The molecule has 2 amide bonds. The summed E-state index contributed by atoms with van der Waals surface area (Å²) in [6.07, 6.45) is 0. The Kier molecular flexibility index (Phi) is 9.16. The molecule has 46 heavy (non-hydrogen) atoms. The minimum atomic E-state index is -0.544. The van der Waals surface area contributed by atoms with Crippen molar-refractivity contribution in [2.24, 2.45) is 0 Å². The largest absolute Gasteiger partial charge is 0.497 e. The minimum absolute atomic E-state index is 0.143. The van der Waals surface area contributed by atoms with Gasteiger partial charge in [0.15, 0.2) is 5.82 Å². The van der Waals surface area contributed by atoms with Gasteiger partial charge in [0.1, 0.15) is 18.0 Å². The maximum absolute atomic E-state index is 14.0. The molecule has 2 aromatic heterocycles. The van der Waals surface area contributed by atoms with Crippen LogP contribution in [0.5, 0.6) is 5.75 Å². The fourth-order valence-corrected chi connectivity index (χ4v) is 4.84. The van der Waals surface area contributed by atoms with Gasteiger partial charge in [-0.25, -0.2) is 4.68 Å². The van der Waals surface area contributed by atoms with E-state index in [-0.39, 0.29) is 41.0 Å². The van der Waals surface area contributed by atoms with E-state index in [1.165, 1.54) is 15.5 Å². The standard InChI is InChI=1S/C33H32ClN9O3/c1-20-14-22(17-35)15-25(30(44)36-18-21-10-12-24(46-5)13-11-21)29(20)37-31(45)28-16-23(19-42-40-32(38-41-42)33(2,3)4)39-43(28)27-9-7-6-8-26(27)34/h6-16H,18-19H2,1-5H3,(H,36,44)(H,37,45). The third-order valence-corrected chi connectivity index (χ3v) is 7.38. The predicted octanol–water partition coefficient (Wildman–Crippen LogP) is 5.23. The van der Waals surface area contributed by atoms with Gasteiger partial charge >= 0.3 is 0 Å². The molecule has 0 bridgehead atoms. The molecule has 0 saturated heterocycles. The fraction of sp³-hybridized carbons (Fsp3) is 0.242. The predicted molar refractivity (Wildman–Crippen MR) is 172 cm³/mol. The van der Waals surface area contributed by atoms with Gasteiger partial charge in [0.05, 0.1) is 46.4 Å². The van der Waals surface area contributed by atoms with Crippen LogP contribution >= 0.6 is 11.6 Å². The average Bonchev–Trinajstić information content (AvgIpc) is 3.69. The highest BCUT2D eigenvalue weighted by Gasteiger charge is 2.24. The number of ether oxygens (including phenoxy) is 1. The summed E-state index contributed by atoms with van der Waals surface area (Å²) in [6.45, 7) is 8.05. The molecule has 5 aromatic rings. The summed E-state index contributed by atoms with van der Waals surface area (Å²) in [5, 5.41) is 33.2. The summed E-state index contributed by atoms with van der Waals surface area (Å²) >= 11 is 6.52. The maximum atomic E-state index is 14.0. The van der Waals surface area contributed by atoms with E-state index in [1.54, 1.807) is 62.6 Å². The van der Waals surface area contributed by atoms with Crippen LogP contribution in [0.25, 0.3) is 5.69 Å². The number of benzene rings is 3. The Labute approximate surface area is 270 Å². The number of nitriles is 1. The number of halogens is 1. The number of carbonyl (C=O) groups excluding carboxylic acids is 2. The second-order valence-corrected chi connectivity index (χ2v) is 12.0. The van der Waals surface area contributed by atoms with Gasteiger partial charge in [-0.05, 0) is 65.7 Å². The van der Waals surface area contributed by atoms with Crippen molar-refractivity contribution in [3.8, 4) is 17.5 Å². The van der Waals surface area contributed by atoms with Crippen LogP contribution in [-0.2, 0) is 18.5 Å². The van der Waals surface area contributed by atoms with Crippen LogP contribution in [0, 0.1) is 18.3 Å². The van der Waals surface area contributed by atoms with Crippen molar-refractivity contribution >= 4 is 29.1 Å². The van der Waals surface area contributed by atoms with E-state index in [0.717, 1.165) is 5.56 Å². The van der Waals surface area contributed by atoms with Gasteiger partial charge in [-0.1, -0.05) is 56.6 Å². The molecule has 0 aliphatic carbocycles. The molecule has 0 spiro atoms. The van der Waals surface area contributed by atoms with Crippen LogP contribution in [0.4, 0.5) is 5.69 Å². The van der Waals surface area contributed by atoms with Crippen molar-refractivity contribution in [2.75, 3.05) is 12.4 Å². The van der Waals surface area contributed by atoms with E-state index in [1.807, 2.05) is 32.9 Å². The van der Waals surface area contributed by atoms with Crippen LogP contribution in [0.2, 0.25) is 5.02 Å². The van der Waals surface area contributed by atoms with Gasteiger partial charge in [-0.15, -0.1) is 10.2 Å². The number of hydrogen-bond donors (Lipinski definition) is 2. The third-order valence-electron chi connectivity index (χ3n) is 7.06. The van der Waals surface area contributed by atoms with Crippen molar-refractivity contribution in [1.82, 2.24) is 35.3 Å². The Morgan fingerprint density at radius 1 is 1.02 bits per heavy atom. The van der Waals surface area contributed by atoms with E-state index in [2.05, 4.69) is 37.2 Å². The van der Waals surface area contributed by atoms with Gasteiger partial charge in [-0.3, -0.25) is 9.59 Å². The number of nitrogens with zero attached hydrogens (tertiary/aromatic N) is 7. The number of carbonyl (C=O) groups is 2. The first kappa shape index (κ1) is 31.9. The number of hydrogen-bond acceptors (Lipinski definition) is 8. The summed E-state index contributed by atoms with van der Waals surface area (Å²) in [6, 6.07) is 21.0. The Morgan fingerprint density at radius 2 is 1.76 bits per heavy atom. The van der Waals surface area contributed by atoms with Gasteiger partial charge in [0.25, 0.3) is 11.8 Å². The van der Waals surface area contributed by atoms with Crippen LogP contribution in [0.3, 0.4) is 0 Å². The summed E-state index contributed by atoms with van der Waals surface area (Å²) in [5.74, 6) is 0.269. The molecular formula is C33H32ClN9O3. The van der Waals surface area contributed by atoms with Crippen molar-refractivity contribution < 1.29 is 14.3 Å². The van der Waals surface area contributed by atoms with E-state index < -0.39 is 11.8 Å². The lowest BCUT2D eigenvalue weighted by atomic mass is 9.96.